The van der Waals surface area contributed by atoms with Crippen molar-refractivity contribution in [1.29, 1.82) is 0 Å². The Hall–Kier alpha value is -1.83. The number of nitrogens with zero attached hydrogens (tertiary/aromatic N) is 1. The summed E-state index contributed by atoms with van der Waals surface area (Å²) in [5.41, 5.74) is 2.52. The van der Waals surface area contributed by atoms with Crippen LogP contribution in [0.5, 0.6) is 0 Å². The number of sulfonamides is 1. The van der Waals surface area contributed by atoms with Crippen molar-refractivity contribution in [3.63, 3.8) is 0 Å². The first-order valence-corrected chi connectivity index (χ1v) is 11.2. The van der Waals surface area contributed by atoms with Gasteiger partial charge >= 0.3 is 0 Å². The Morgan fingerprint density at radius 2 is 1.82 bits per heavy atom. The average molecular weight is 424 g/mol. The highest BCUT2D eigenvalue weighted by atomic mass is 35.5. The monoisotopic (exact) mass is 423 g/mol. The summed E-state index contributed by atoms with van der Waals surface area (Å²) in [7, 11) is -3.65. The minimum Gasteiger partial charge on any atom is -0.353 e. The number of anilines is 1. The zero-order valence-corrected chi connectivity index (χ0v) is 18.2. The molecule has 1 amide bonds. The normalized spacial score (nSPS) is 16.3. The molecule has 1 fully saturated rings. The van der Waals surface area contributed by atoms with E-state index in [4.69, 9.17) is 11.6 Å². The van der Waals surface area contributed by atoms with Crippen molar-refractivity contribution in [1.82, 2.24) is 9.29 Å². The van der Waals surface area contributed by atoms with Crippen LogP contribution in [0.3, 0.4) is 0 Å². The minimum atomic E-state index is -3.65. The number of aryl methyl sites for hydroxylation is 1. The largest absolute Gasteiger partial charge is 0.353 e. The Balaban J connectivity index is 1.91. The smallest absolute Gasteiger partial charge is 0.272 e. The van der Waals surface area contributed by atoms with Gasteiger partial charge in [-0.15, -0.1) is 0 Å². The van der Waals surface area contributed by atoms with E-state index < -0.39 is 10.0 Å². The minimum absolute atomic E-state index is 0.204. The second kappa shape index (κ2) is 7.89. The lowest BCUT2D eigenvalue weighted by Crippen LogP contribution is -2.38. The second-order valence-electron chi connectivity index (χ2n) is 7.53. The van der Waals surface area contributed by atoms with Crippen molar-refractivity contribution in [3.8, 4) is 0 Å². The maximum absolute atomic E-state index is 13.2. The number of nitrogens with one attached hydrogen (secondary N) is 2. The van der Waals surface area contributed by atoms with Crippen LogP contribution in [0, 0.1) is 26.7 Å². The predicted molar refractivity (Wildman–Crippen MR) is 112 cm³/mol. The fourth-order valence-corrected chi connectivity index (χ4v) is 5.68. The molecule has 1 aliphatic rings. The molecule has 1 aromatic heterocycles. The van der Waals surface area contributed by atoms with Crippen molar-refractivity contribution in [2.24, 2.45) is 5.92 Å². The Bertz CT molecular complexity index is 1010. The number of piperidine rings is 1. The van der Waals surface area contributed by atoms with Crippen molar-refractivity contribution < 1.29 is 13.2 Å². The number of amides is 1. The van der Waals surface area contributed by atoms with Gasteiger partial charge in [-0.25, -0.2) is 8.42 Å². The molecule has 3 rings (SSSR count). The lowest BCUT2D eigenvalue weighted by atomic mass is 10.0. The van der Waals surface area contributed by atoms with Crippen LogP contribution in [0.25, 0.3) is 0 Å². The number of hydrogen-bond acceptors (Lipinski definition) is 3. The van der Waals surface area contributed by atoms with Crippen LogP contribution in [0.2, 0.25) is 5.02 Å². The van der Waals surface area contributed by atoms with Gasteiger partial charge in [0.05, 0.1) is 0 Å². The van der Waals surface area contributed by atoms with E-state index in [9.17, 15) is 13.2 Å². The van der Waals surface area contributed by atoms with Crippen molar-refractivity contribution >= 4 is 33.2 Å². The van der Waals surface area contributed by atoms with Crippen molar-refractivity contribution in [2.75, 3.05) is 18.4 Å². The third-order valence-electron chi connectivity index (χ3n) is 5.45. The van der Waals surface area contributed by atoms with Crippen LogP contribution in [-0.4, -0.2) is 36.7 Å². The summed E-state index contributed by atoms with van der Waals surface area (Å²) in [6.45, 7) is 8.33. The van der Waals surface area contributed by atoms with E-state index in [1.165, 1.54) is 4.31 Å². The fourth-order valence-electron chi connectivity index (χ4n) is 3.63. The fraction of sp³-hybridized carbons (Fsp3) is 0.450. The van der Waals surface area contributed by atoms with Gasteiger partial charge in [0.25, 0.3) is 5.91 Å². The Labute approximate surface area is 171 Å². The molecule has 2 aromatic rings. The van der Waals surface area contributed by atoms with Gasteiger partial charge in [0.2, 0.25) is 10.0 Å². The third kappa shape index (κ3) is 3.83. The van der Waals surface area contributed by atoms with Gasteiger partial charge in [-0.05, 0) is 62.8 Å². The molecule has 1 aliphatic heterocycles. The quantitative estimate of drug-likeness (QED) is 0.770. The highest BCUT2D eigenvalue weighted by molar-refractivity contribution is 7.89. The number of aromatic nitrogens is 1. The van der Waals surface area contributed by atoms with E-state index in [-0.39, 0.29) is 16.5 Å². The summed E-state index contributed by atoms with van der Waals surface area (Å²) in [5, 5.41) is 3.38. The molecule has 6 nitrogen and oxygen atoms in total. The SMILES string of the molecule is Cc1[nH]c(C(=O)Nc2cccc(Cl)c2C)c(C)c1S(=O)(=O)N1CCC(C)CC1. The summed E-state index contributed by atoms with van der Waals surface area (Å²) in [5.74, 6) is 0.141. The first kappa shape index (κ1) is 20.9. The zero-order chi connectivity index (χ0) is 20.6. The van der Waals surface area contributed by atoms with Gasteiger partial charge in [-0.2, -0.15) is 4.31 Å². The van der Waals surface area contributed by atoms with Crippen LogP contribution in [0.4, 0.5) is 5.69 Å². The first-order valence-electron chi connectivity index (χ1n) is 9.38. The van der Waals surface area contributed by atoms with E-state index in [1.54, 1.807) is 32.0 Å². The molecule has 8 heteroatoms. The molecule has 0 atom stereocenters. The van der Waals surface area contributed by atoms with Crippen LogP contribution in [0.1, 0.15) is 47.1 Å². The number of aromatic amines is 1. The standard InChI is InChI=1S/C20H26ClN3O3S/c1-12-8-10-24(11-9-12)28(26,27)19-14(3)18(22-15(19)4)20(25)23-17-7-5-6-16(21)13(17)2/h5-7,12,22H,8-11H2,1-4H3,(H,23,25). The number of H-pyrrole nitrogens is 1. The van der Waals surface area contributed by atoms with Gasteiger partial charge < -0.3 is 10.3 Å². The lowest BCUT2D eigenvalue weighted by molar-refractivity contribution is 0.102. The predicted octanol–water partition coefficient (Wildman–Crippen LogP) is 4.27. The maximum atomic E-state index is 13.2. The van der Waals surface area contributed by atoms with Gasteiger partial charge in [0.1, 0.15) is 10.6 Å². The maximum Gasteiger partial charge on any atom is 0.272 e. The Morgan fingerprint density at radius 1 is 1.18 bits per heavy atom. The first-order chi connectivity index (χ1) is 13.1. The highest BCUT2D eigenvalue weighted by Crippen LogP contribution is 2.30. The van der Waals surface area contributed by atoms with Gasteiger partial charge in [-0.3, -0.25) is 4.79 Å². The third-order valence-corrected chi connectivity index (χ3v) is 8.03. The number of halogens is 1. The lowest BCUT2D eigenvalue weighted by Gasteiger charge is -2.29. The topological polar surface area (TPSA) is 82.3 Å². The summed E-state index contributed by atoms with van der Waals surface area (Å²) in [6.07, 6.45) is 1.70. The summed E-state index contributed by atoms with van der Waals surface area (Å²) in [6, 6.07) is 5.27. The second-order valence-corrected chi connectivity index (χ2v) is 9.81. The summed E-state index contributed by atoms with van der Waals surface area (Å²) < 4.78 is 27.9. The molecule has 0 bridgehead atoms. The molecular weight excluding hydrogens is 398 g/mol. The van der Waals surface area contributed by atoms with Crippen LogP contribution in [0.15, 0.2) is 23.1 Å². The number of carbonyl (C=O) groups excluding carboxylic acids is 1. The number of carbonyl (C=O) groups is 1. The van der Waals surface area contributed by atoms with E-state index in [0.717, 1.165) is 18.4 Å². The highest BCUT2D eigenvalue weighted by Gasteiger charge is 2.33. The number of benzene rings is 1. The van der Waals surface area contributed by atoms with E-state index in [0.29, 0.717) is 41.0 Å². The molecule has 1 aromatic carbocycles. The molecule has 0 saturated carbocycles. The molecule has 28 heavy (non-hydrogen) atoms. The molecular formula is C20H26ClN3O3S. The molecule has 0 aliphatic carbocycles. The number of rotatable bonds is 4. The van der Waals surface area contributed by atoms with Gasteiger partial charge in [0.15, 0.2) is 0 Å². The van der Waals surface area contributed by atoms with Crippen molar-refractivity contribution in [2.45, 2.75) is 45.4 Å². The Kier molecular flexibility index (Phi) is 5.89. The van der Waals surface area contributed by atoms with Gasteiger partial charge in [0, 0.05) is 29.5 Å². The van der Waals surface area contributed by atoms with E-state index >= 15 is 0 Å². The molecule has 0 spiro atoms. The molecule has 1 saturated heterocycles. The van der Waals surface area contributed by atoms with Crippen LogP contribution >= 0.6 is 11.6 Å². The van der Waals surface area contributed by atoms with E-state index in [2.05, 4.69) is 17.2 Å². The molecule has 2 N–H and O–H groups in total. The van der Waals surface area contributed by atoms with Crippen LogP contribution < -0.4 is 5.32 Å². The van der Waals surface area contributed by atoms with Gasteiger partial charge in [-0.1, -0.05) is 24.6 Å². The molecule has 0 unspecified atom stereocenters. The Morgan fingerprint density at radius 3 is 2.46 bits per heavy atom. The zero-order valence-electron chi connectivity index (χ0n) is 16.6. The summed E-state index contributed by atoms with van der Waals surface area (Å²) in [4.78, 5) is 16.0. The van der Waals surface area contributed by atoms with Crippen molar-refractivity contribution in [3.05, 3.63) is 45.7 Å². The van der Waals surface area contributed by atoms with E-state index in [1.807, 2.05) is 6.92 Å². The van der Waals surface area contributed by atoms with Crippen LogP contribution in [-0.2, 0) is 10.0 Å². The summed E-state index contributed by atoms with van der Waals surface area (Å²) >= 11 is 6.12. The number of hydrogen-bond donors (Lipinski definition) is 2. The average Bonchev–Trinajstić information content (AvgIpc) is 2.94. The molecule has 152 valence electrons. The molecule has 2 heterocycles. The molecule has 0 radical (unpaired) electrons.